The van der Waals surface area contributed by atoms with Crippen LogP contribution >= 0.6 is 9.24 Å². The van der Waals surface area contributed by atoms with Gasteiger partial charge < -0.3 is 9.53 Å². The molecule has 0 saturated heterocycles. The lowest BCUT2D eigenvalue weighted by atomic mass is 10.2. The van der Waals surface area contributed by atoms with Crippen LogP contribution in [0.4, 0.5) is 0 Å². The first kappa shape index (κ1) is 12.3. The SMILES string of the molecule is C=C(P)C(=O)OCCCCCC=O. The van der Waals surface area contributed by atoms with Gasteiger partial charge in [0.05, 0.1) is 6.61 Å². The molecule has 0 spiro atoms. The molecule has 3 nitrogen and oxygen atoms in total. The van der Waals surface area contributed by atoms with Gasteiger partial charge in [0.2, 0.25) is 0 Å². The minimum absolute atomic E-state index is 0.341. The molecule has 4 heteroatoms. The van der Waals surface area contributed by atoms with Crippen molar-refractivity contribution in [3.63, 3.8) is 0 Å². The molecule has 0 saturated carbocycles. The van der Waals surface area contributed by atoms with E-state index in [-0.39, 0.29) is 5.97 Å². The number of esters is 1. The molecule has 0 fully saturated rings. The zero-order valence-electron chi connectivity index (χ0n) is 7.62. The van der Waals surface area contributed by atoms with E-state index in [4.69, 9.17) is 4.74 Å². The quantitative estimate of drug-likeness (QED) is 0.207. The summed E-state index contributed by atoms with van der Waals surface area (Å²) in [5.74, 6) is -0.375. The molecule has 0 aliphatic rings. The standard InChI is InChI=1S/C9H15O3P/c1-8(13)9(11)12-7-5-3-2-4-6-10/h6H,1-5,7,13H2. The molecule has 0 heterocycles. The average Bonchev–Trinajstić information content (AvgIpc) is 2.10. The number of hydrogen-bond donors (Lipinski definition) is 0. The average molecular weight is 202 g/mol. The van der Waals surface area contributed by atoms with E-state index in [2.05, 4.69) is 15.8 Å². The Morgan fingerprint density at radius 1 is 1.38 bits per heavy atom. The summed E-state index contributed by atoms with van der Waals surface area (Å²) < 4.78 is 4.84. The Morgan fingerprint density at radius 3 is 2.62 bits per heavy atom. The van der Waals surface area contributed by atoms with Gasteiger partial charge in [-0.3, -0.25) is 0 Å². The first-order chi connectivity index (χ1) is 6.18. The molecule has 0 aromatic carbocycles. The third-order valence-corrected chi connectivity index (χ3v) is 1.70. The van der Waals surface area contributed by atoms with Crippen molar-refractivity contribution in [2.24, 2.45) is 0 Å². The summed E-state index contributed by atoms with van der Waals surface area (Å²) >= 11 is 0. The van der Waals surface area contributed by atoms with Crippen LogP contribution in [-0.2, 0) is 14.3 Å². The Labute approximate surface area is 80.7 Å². The normalized spacial score (nSPS) is 9.31. The zero-order valence-corrected chi connectivity index (χ0v) is 8.78. The highest BCUT2D eigenvalue weighted by molar-refractivity contribution is 7.24. The van der Waals surface area contributed by atoms with Gasteiger partial charge in [-0.05, 0) is 19.3 Å². The van der Waals surface area contributed by atoms with Crippen LogP contribution in [0.1, 0.15) is 25.7 Å². The maximum absolute atomic E-state index is 10.8. The van der Waals surface area contributed by atoms with Crippen molar-refractivity contribution in [2.75, 3.05) is 6.61 Å². The van der Waals surface area contributed by atoms with Gasteiger partial charge in [0.25, 0.3) is 0 Å². The van der Waals surface area contributed by atoms with Crippen LogP contribution in [0, 0.1) is 0 Å². The van der Waals surface area contributed by atoms with Gasteiger partial charge in [0.1, 0.15) is 6.29 Å². The fourth-order valence-corrected chi connectivity index (χ4v) is 0.847. The summed E-state index contributed by atoms with van der Waals surface area (Å²) in [5.41, 5.74) is 0. The molecule has 1 atom stereocenters. The molecule has 0 amide bonds. The number of rotatable bonds is 7. The van der Waals surface area contributed by atoms with E-state index in [9.17, 15) is 9.59 Å². The van der Waals surface area contributed by atoms with Gasteiger partial charge in [-0.25, -0.2) is 4.79 Å². The highest BCUT2D eigenvalue weighted by Gasteiger charge is 2.01. The Kier molecular flexibility index (Phi) is 7.51. The number of carbonyl (C=O) groups excluding carboxylic acids is 2. The Bertz CT molecular complexity index is 189. The van der Waals surface area contributed by atoms with Gasteiger partial charge in [-0.15, -0.1) is 0 Å². The molecule has 0 bridgehead atoms. The number of hydrogen-bond acceptors (Lipinski definition) is 3. The van der Waals surface area contributed by atoms with Crippen molar-refractivity contribution >= 4 is 21.5 Å². The van der Waals surface area contributed by atoms with Crippen LogP contribution in [0.2, 0.25) is 0 Å². The predicted octanol–water partition coefficient (Wildman–Crippen LogP) is 1.68. The van der Waals surface area contributed by atoms with Gasteiger partial charge in [0.15, 0.2) is 0 Å². The van der Waals surface area contributed by atoms with Crippen molar-refractivity contribution in [2.45, 2.75) is 25.7 Å². The lowest BCUT2D eigenvalue weighted by Gasteiger charge is -2.02. The summed E-state index contributed by atoms with van der Waals surface area (Å²) in [5, 5.41) is 0.341. The van der Waals surface area contributed by atoms with Gasteiger partial charge >= 0.3 is 5.97 Å². The van der Waals surface area contributed by atoms with E-state index in [1.807, 2.05) is 0 Å². The first-order valence-corrected chi connectivity index (χ1v) is 4.81. The Balaban J connectivity index is 3.21. The van der Waals surface area contributed by atoms with Crippen molar-refractivity contribution in [1.29, 1.82) is 0 Å². The molecule has 0 aliphatic carbocycles. The molecular formula is C9H15O3P. The van der Waals surface area contributed by atoms with Crippen molar-refractivity contribution < 1.29 is 14.3 Å². The molecular weight excluding hydrogens is 187 g/mol. The van der Waals surface area contributed by atoms with Crippen molar-refractivity contribution in [3.05, 3.63) is 11.9 Å². The van der Waals surface area contributed by atoms with Crippen LogP contribution in [0.3, 0.4) is 0 Å². The van der Waals surface area contributed by atoms with Crippen LogP contribution in [0.5, 0.6) is 0 Å². The summed E-state index contributed by atoms with van der Waals surface area (Å²) in [6.45, 7) is 3.83. The highest BCUT2D eigenvalue weighted by Crippen LogP contribution is 2.05. The first-order valence-electron chi connectivity index (χ1n) is 4.23. The molecule has 0 aromatic rings. The van der Waals surface area contributed by atoms with E-state index in [0.717, 1.165) is 25.5 Å². The van der Waals surface area contributed by atoms with Gasteiger partial charge in [-0.2, -0.15) is 0 Å². The van der Waals surface area contributed by atoms with Crippen molar-refractivity contribution in [1.82, 2.24) is 0 Å². The number of unbranched alkanes of at least 4 members (excludes halogenated alkanes) is 3. The van der Waals surface area contributed by atoms with Gasteiger partial charge in [-0.1, -0.05) is 15.8 Å². The molecule has 0 aliphatic heterocycles. The maximum Gasteiger partial charge on any atom is 0.337 e. The smallest absolute Gasteiger partial charge is 0.337 e. The monoisotopic (exact) mass is 202 g/mol. The van der Waals surface area contributed by atoms with Crippen LogP contribution in [0.15, 0.2) is 11.9 Å². The molecule has 0 radical (unpaired) electrons. The minimum Gasteiger partial charge on any atom is -0.462 e. The Morgan fingerprint density at radius 2 is 2.08 bits per heavy atom. The highest BCUT2D eigenvalue weighted by atomic mass is 31.0. The van der Waals surface area contributed by atoms with Crippen LogP contribution in [-0.4, -0.2) is 18.9 Å². The van der Waals surface area contributed by atoms with E-state index in [1.165, 1.54) is 0 Å². The minimum atomic E-state index is -0.375. The topological polar surface area (TPSA) is 43.4 Å². The summed E-state index contributed by atoms with van der Waals surface area (Å²) in [4.78, 5) is 20.8. The molecule has 0 rings (SSSR count). The molecule has 0 N–H and O–H groups in total. The zero-order chi connectivity index (χ0) is 10.1. The third kappa shape index (κ3) is 7.66. The van der Waals surface area contributed by atoms with E-state index in [1.54, 1.807) is 0 Å². The van der Waals surface area contributed by atoms with Crippen LogP contribution in [0.25, 0.3) is 0 Å². The summed E-state index contributed by atoms with van der Waals surface area (Å²) in [7, 11) is 2.20. The largest absolute Gasteiger partial charge is 0.462 e. The van der Waals surface area contributed by atoms with E-state index in [0.29, 0.717) is 18.3 Å². The molecule has 13 heavy (non-hydrogen) atoms. The van der Waals surface area contributed by atoms with E-state index >= 15 is 0 Å². The second kappa shape index (κ2) is 7.93. The van der Waals surface area contributed by atoms with Crippen LogP contribution < -0.4 is 0 Å². The fraction of sp³-hybridized carbons (Fsp3) is 0.556. The maximum atomic E-state index is 10.8. The molecule has 0 aromatic heterocycles. The Hall–Kier alpha value is -0.690. The number of aldehydes is 1. The lowest BCUT2D eigenvalue weighted by Crippen LogP contribution is -2.04. The second-order valence-corrected chi connectivity index (χ2v) is 3.37. The molecule has 1 unspecified atom stereocenters. The summed E-state index contributed by atoms with van der Waals surface area (Å²) in [6, 6.07) is 0. The van der Waals surface area contributed by atoms with Crippen molar-refractivity contribution in [3.8, 4) is 0 Å². The summed E-state index contributed by atoms with van der Waals surface area (Å²) in [6.07, 6.45) is 4.07. The van der Waals surface area contributed by atoms with E-state index < -0.39 is 0 Å². The number of carbonyl (C=O) groups is 2. The molecule has 74 valence electrons. The fourth-order valence-electron chi connectivity index (χ4n) is 0.764. The second-order valence-electron chi connectivity index (χ2n) is 2.68. The van der Waals surface area contributed by atoms with Gasteiger partial charge in [0, 0.05) is 11.7 Å². The predicted molar refractivity (Wildman–Crippen MR) is 54.3 cm³/mol. The third-order valence-electron chi connectivity index (χ3n) is 1.46. The number of ether oxygens (including phenoxy) is 1. The lowest BCUT2D eigenvalue weighted by molar-refractivity contribution is -0.138.